The third-order valence-corrected chi connectivity index (χ3v) is 4.22. The van der Waals surface area contributed by atoms with Gasteiger partial charge in [0.2, 0.25) is 5.91 Å². The normalized spacial score (nSPS) is 12.4. The van der Waals surface area contributed by atoms with Gasteiger partial charge in [-0.05, 0) is 24.3 Å². The average Bonchev–Trinajstić information content (AvgIpc) is 2.95. The lowest BCUT2D eigenvalue weighted by Gasteiger charge is -2.12. The summed E-state index contributed by atoms with van der Waals surface area (Å²) in [5, 5.41) is 7.52. The van der Waals surface area contributed by atoms with Crippen LogP contribution in [0, 0.1) is 5.82 Å². The number of benzene rings is 1. The Morgan fingerprint density at radius 2 is 2.09 bits per heavy atom. The monoisotopic (exact) mass is 321 g/mol. The van der Waals surface area contributed by atoms with E-state index in [1.54, 1.807) is 42.4 Å². The van der Waals surface area contributed by atoms with Crippen LogP contribution in [0.3, 0.4) is 0 Å². The lowest BCUT2D eigenvalue weighted by Crippen LogP contribution is -2.28. The van der Waals surface area contributed by atoms with Gasteiger partial charge in [-0.3, -0.25) is 4.79 Å². The molecule has 22 heavy (non-hydrogen) atoms. The molecule has 1 amide bonds. The van der Waals surface area contributed by atoms with Gasteiger partial charge in [0.05, 0.1) is 18.0 Å². The zero-order valence-corrected chi connectivity index (χ0v) is 13.7. The van der Waals surface area contributed by atoms with Crippen LogP contribution in [0.4, 0.5) is 4.39 Å². The maximum Gasteiger partial charge on any atom is 0.230 e. The molecular formula is C16H20FN3OS. The van der Waals surface area contributed by atoms with Crippen LogP contribution >= 0.6 is 11.8 Å². The van der Waals surface area contributed by atoms with Gasteiger partial charge in [0.1, 0.15) is 11.5 Å². The maximum absolute atomic E-state index is 13.7. The molecule has 0 unspecified atom stereocenters. The van der Waals surface area contributed by atoms with Gasteiger partial charge in [0, 0.05) is 11.8 Å². The molecule has 2 rings (SSSR count). The number of aromatic nitrogens is 2. The molecule has 0 saturated heterocycles. The highest BCUT2D eigenvalue weighted by Gasteiger charge is 2.13. The smallest absolute Gasteiger partial charge is 0.230 e. The molecule has 1 heterocycles. The van der Waals surface area contributed by atoms with Crippen molar-refractivity contribution in [3.63, 3.8) is 0 Å². The molecule has 0 bridgehead atoms. The molecular weight excluding hydrogens is 301 g/mol. The molecule has 0 radical (unpaired) electrons. The van der Waals surface area contributed by atoms with Gasteiger partial charge in [-0.1, -0.05) is 26.0 Å². The van der Waals surface area contributed by atoms with Crippen molar-refractivity contribution in [3.8, 4) is 5.69 Å². The van der Waals surface area contributed by atoms with Gasteiger partial charge < -0.3 is 5.32 Å². The summed E-state index contributed by atoms with van der Waals surface area (Å²) in [6, 6.07) is 6.28. The molecule has 0 spiro atoms. The van der Waals surface area contributed by atoms with Crippen molar-refractivity contribution in [2.24, 2.45) is 0 Å². The number of carbonyl (C=O) groups excluding carboxylic acids is 1. The quantitative estimate of drug-likeness (QED) is 0.888. The number of halogens is 1. The fourth-order valence-electron chi connectivity index (χ4n) is 1.94. The van der Waals surface area contributed by atoms with E-state index < -0.39 is 0 Å². The van der Waals surface area contributed by atoms with E-state index >= 15 is 0 Å². The van der Waals surface area contributed by atoms with Gasteiger partial charge in [-0.2, -0.15) is 5.10 Å². The van der Waals surface area contributed by atoms with Crippen molar-refractivity contribution in [2.75, 3.05) is 5.75 Å². The van der Waals surface area contributed by atoms with E-state index in [0.717, 1.165) is 5.56 Å². The van der Waals surface area contributed by atoms with Crippen molar-refractivity contribution in [2.45, 2.75) is 32.1 Å². The van der Waals surface area contributed by atoms with Crippen molar-refractivity contribution >= 4 is 17.7 Å². The standard InChI is InChI=1S/C16H20FN3OS/c1-11(2)22-10-16(21)19-12(3)13-8-18-20(9-13)15-7-5-4-6-14(15)17/h4-9,11-12H,10H2,1-3H3,(H,19,21)/t12-/m0/s1. The Bertz CT molecular complexity index is 642. The molecule has 6 heteroatoms. The van der Waals surface area contributed by atoms with E-state index in [-0.39, 0.29) is 17.8 Å². The zero-order chi connectivity index (χ0) is 16.1. The minimum absolute atomic E-state index is 0.00941. The number of hydrogen-bond donors (Lipinski definition) is 1. The molecule has 0 aliphatic heterocycles. The van der Waals surface area contributed by atoms with Gasteiger partial charge in [0.25, 0.3) is 0 Å². The Morgan fingerprint density at radius 1 is 1.36 bits per heavy atom. The minimum Gasteiger partial charge on any atom is -0.349 e. The summed E-state index contributed by atoms with van der Waals surface area (Å²) < 4.78 is 15.2. The molecule has 0 aliphatic rings. The lowest BCUT2D eigenvalue weighted by atomic mass is 10.2. The number of rotatable bonds is 6. The summed E-state index contributed by atoms with van der Waals surface area (Å²) >= 11 is 1.60. The predicted molar refractivity (Wildman–Crippen MR) is 87.7 cm³/mol. The van der Waals surface area contributed by atoms with Crippen LogP contribution in [0.1, 0.15) is 32.4 Å². The Kier molecular flexibility index (Phi) is 5.60. The lowest BCUT2D eigenvalue weighted by molar-refractivity contribution is -0.119. The van der Waals surface area contributed by atoms with E-state index in [1.807, 2.05) is 6.92 Å². The number of thioether (sulfide) groups is 1. The van der Waals surface area contributed by atoms with Crippen LogP contribution in [0.25, 0.3) is 5.69 Å². The number of carbonyl (C=O) groups is 1. The van der Waals surface area contributed by atoms with Gasteiger partial charge >= 0.3 is 0 Å². The summed E-state index contributed by atoms with van der Waals surface area (Å²) in [4.78, 5) is 11.8. The first-order chi connectivity index (χ1) is 10.5. The Balaban J connectivity index is 2.02. The molecule has 0 saturated carbocycles. The summed E-state index contributed by atoms with van der Waals surface area (Å²) in [5.41, 5.74) is 1.23. The predicted octanol–water partition coefficient (Wildman–Crippen LogP) is 3.33. The summed E-state index contributed by atoms with van der Waals surface area (Å²) in [7, 11) is 0. The number of nitrogens with zero attached hydrogens (tertiary/aromatic N) is 2. The molecule has 4 nitrogen and oxygen atoms in total. The van der Waals surface area contributed by atoms with Gasteiger partial charge in [-0.15, -0.1) is 11.8 Å². The third-order valence-electron chi connectivity index (χ3n) is 3.13. The first kappa shape index (κ1) is 16.5. The van der Waals surface area contributed by atoms with Crippen LogP contribution < -0.4 is 5.32 Å². The second-order valence-corrected chi connectivity index (χ2v) is 6.88. The highest BCUT2D eigenvalue weighted by Crippen LogP contribution is 2.17. The van der Waals surface area contributed by atoms with E-state index in [1.165, 1.54) is 10.7 Å². The molecule has 2 aromatic rings. The van der Waals surface area contributed by atoms with Gasteiger partial charge in [-0.25, -0.2) is 9.07 Å². The Hall–Kier alpha value is -1.82. The largest absolute Gasteiger partial charge is 0.349 e. The molecule has 1 aromatic carbocycles. The second-order valence-electron chi connectivity index (χ2n) is 5.32. The van der Waals surface area contributed by atoms with Crippen molar-refractivity contribution in [3.05, 3.63) is 48.0 Å². The van der Waals surface area contributed by atoms with Crippen LogP contribution in [0.2, 0.25) is 0 Å². The molecule has 1 N–H and O–H groups in total. The number of amides is 1. The number of para-hydroxylation sites is 1. The third kappa shape index (κ3) is 4.34. The molecule has 118 valence electrons. The number of nitrogens with one attached hydrogen (secondary N) is 1. The molecule has 0 aliphatic carbocycles. The van der Waals surface area contributed by atoms with E-state index in [2.05, 4.69) is 24.3 Å². The molecule has 0 fully saturated rings. The molecule has 1 aromatic heterocycles. The SMILES string of the molecule is CC(C)SCC(=O)N[C@@H](C)c1cnn(-c2ccccc2F)c1. The summed E-state index contributed by atoms with van der Waals surface area (Å²) in [6.45, 7) is 6.00. The highest BCUT2D eigenvalue weighted by molar-refractivity contribution is 8.00. The zero-order valence-electron chi connectivity index (χ0n) is 12.9. The van der Waals surface area contributed by atoms with E-state index in [4.69, 9.17) is 0 Å². The summed E-state index contributed by atoms with van der Waals surface area (Å²) in [5.74, 6) is 0.0933. The minimum atomic E-state index is -0.331. The number of hydrogen-bond acceptors (Lipinski definition) is 3. The van der Waals surface area contributed by atoms with Crippen LogP contribution in [-0.4, -0.2) is 26.7 Å². The van der Waals surface area contributed by atoms with Crippen molar-refractivity contribution in [1.82, 2.24) is 15.1 Å². The molecule has 1 atom stereocenters. The maximum atomic E-state index is 13.7. The first-order valence-electron chi connectivity index (χ1n) is 7.18. The fraction of sp³-hybridized carbons (Fsp3) is 0.375. The first-order valence-corrected chi connectivity index (χ1v) is 8.22. The van der Waals surface area contributed by atoms with Crippen molar-refractivity contribution in [1.29, 1.82) is 0 Å². The Morgan fingerprint density at radius 3 is 2.77 bits per heavy atom. The van der Waals surface area contributed by atoms with Crippen molar-refractivity contribution < 1.29 is 9.18 Å². The van der Waals surface area contributed by atoms with E-state index in [0.29, 0.717) is 16.7 Å². The van der Waals surface area contributed by atoms with Crippen LogP contribution in [0.15, 0.2) is 36.7 Å². The highest BCUT2D eigenvalue weighted by atomic mass is 32.2. The summed E-state index contributed by atoms with van der Waals surface area (Å²) in [6.07, 6.45) is 3.38. The van der Waals surface area contributed by atoms with Crippen LogP contribution in [0.5, 0.6) is 0 Å². The van der Waals surface area contributed by atoms with Crippen LogP contribution in [-0.2, 0) is 4.79 Å². The fourth-order valence-corrected chi connectivity index (χ4v) is 2.51. The topological polar surface area (TPSA) is 46.9 Å². The Labute approximate surface area is 134 Å². The second kappa shape index (κ2) is 7.45. The van der Waals surface area contributed by atoms with E-state index in [9.17, 15) is 9.18 Å². The van der Waals surface area contributed by atoms with Gasteiger partial charge in [0.15, 0.2) is 0 Å². The average molecular weight is 321 g/mol.